The highest BCUT2D eigenvalue weighted by atomic mass is 16.5. The highest BCUT2D eigenvalue weighted by Gasteiger charge is 2.26. The van der Waals surface area contributed by atoms with E-state index in [1.54, 1.807) is 7.11 Å². The number of methoxy groups -OCH3 is 1. The van der Waals surface area contributed by atoms with E-state index in [1.165, 1.54) is 17.7 Å². The molecule has 1 N–H and O–H groups in total. The molecule has 0 aliphatic carbocycles. The average Bonchev–Trinajstić information content (AvgIpc) is 3.23. The molecule has 2 aliphatic rings. The number of rotatable bonds is 5. The summed E-state index contributed by atoms with van der Waals surface area (Å²) in [5, 5.41) is 3.57. The Kier molecular flexibility index (Phi) is 5.61. The van der Waals surface area contributed by atoms with Crippen LogP contribution in [0.5, 0.6) is 0 Å². The molecule has 0 bridgehead atoms. The lowest BCUT2D eigenvalue weighted by molar-refractivity contribution is 0.157. The van der Waals surface area contributed by atoms with E-state index in [-0.39, 0.29) is 0 Å². The van der Waals surface area contributed by atoms with Crippen LogP contribution < -0.4 is 10.2 Å². The highest BCUT2D eigenvalue weighted by molar-refractivity contribution is 5.80. The molecule has 2 atom stereocenters. The fourth-order valence-corrected chi connectivity index (χ4v) is 3.90. The summed E-state index contributed by atoms with van der Waals surface area (Å²) in [5.41, 5.74) is 2.86. The van der Waals surface area contributed by atoms with Gasteiger partial charge in [-0.3, -0.25) is 4.99 Å². The number of fused-ring (bicyclic) bond motifs is 1. The van der Waals surface area contributed by atoms with Crippen LogP contribution in [0.25, 0.3) is 0 Å². The van der Waals surface area contributed by atoms with Crippen LogP contribution in [-0.4, -0.2) is 63.8 Å². The Morgan fingerprint density at radius 2 is 2.21 bits per heavy atom. The fraction of sp³-hybridized carbons (Fsp3) is 0.632. The van der Waals surface area contributed by atoms with E-state index >= 15 is 0 Å². The van der Waals surface area contributed by atoms with E-state index in [4.69, 9.17) is 4.74 Å². The molecule has 1 aromatic carbocycles. The van der Waals surface area contributed by atoms with Gasteiger partial charge in [-0.2, -0.15) is 0 Å². The van der Waals surface area contributed by atoms with Gasteiger partial charge in [-0.15, -0.1) is 0 Å². The van der Waals surface area contributed by atoms with E-state index in [0.29, 0.717) is 12.0 Å². The third-order valence-corrected chi connectivity index (χ3v) is 5.21. The largest absolute Gasteiger partial charge is 0.384 e. The summed E-state index contributed by atoms with van der Waals surface area (Å²) in [4.78, 5) is 9.34. The van der Waals surface area contributed by atoms with Crippen LogP contribution in [0.3, 0.4) is 0 Å². The Bertz CT molecular complexity index is 574. The summed E-state index contributed by atoms with van der Waals surface area (Å²) >= 11 is 0. The van der Waals surface area contributed by atoms with Gasteiger partial charge in [-0.25, -0.2) is 0 Å². The molecule has 1 fully saturated rings. The minimum atomic E-state index is 0.447. The molecule has 3 rings (SSSR count). The van der Waals surface area contributed by atoms with Crippen LogP contribution in [-0.2, 0) is 11.2 Å². The summed E-state index contributed by atoms with van der Waals surface area (Å²) in [6.45, 7) is 7.25. The average molecular weight is 330 g/mol. The van der Waals surface area contributed by atoms with Gasteiger partial charge < -0.3 is 19.9 Å². The standard InChI is InChI=1S/C19H30N4O/c1-15(23-11-9-17-6-4-5-7-18(17)23)12-21-19(20-2)22-10-8-16(13-22)14-24-3/h4-7,15-16H,8-14H2,1-3H3,(H,20,21). The van der Waals surface area contributed by atoms with Crippen LogP contribution >= 0.6 is 0 Å². The van der Waals surface area contributed by atoms with E-state index in [2.05, 4.69) is 51.3 Å². The lowest BCUT2D eigenvalue weighted by atomic mass is 10.1. The van der Waals surface area contributed by atoms with Gasteiger partial charge in [0.15, 0.2) is 5.96 Å². The number of benzene rings is 1. The first kappa shape index (κ1) is 17.1. The Morgan fingerprint density at radius 3 is 3.00 bits per heavy atom. The second-order valence-corrected chi connectivity index (χ2v) is 6.91. The van der Waals surface area contributed by atoms with Crippen molar-refractivity contribution in [2.45, 2.75) is 25.8 Å². The molecule has 0 spiro atoms. The van der Waals surface area contributed by atoms with Gasteiger partial charge in [0.05, 0.1) is 6.61 Å². The van der Waals surface area contributed by atoms with E-state index in [1.807, 2.05) is 7.05 Å². The second-order valence-electron chi connectivity index (χ2n) is 6.91. The SMILES string of the molecule is CN=C(NCC(C)N1CCc2ccccc21)N1CCC(COC)C1. The fourth-order valence-electron chi connectivity index (χ4n) is 3.90. The molecule has 5 heteroatoms. The van der Waals surface area contributed by atoms with Crippen molar-refractivity contribution in [3.05, 3.63) is 29.8 Å². The number of hydrogen-bond acceptors (Lipinski definition) is 3. The number of anilines is 1. The first-order valence-corrected chi connectivity index (χ1v) is 9.02. The van der Waals surface area contributed by atoms with Crippen LogP contribution in [0.2, 0.25) is 0 Å². The molecule has 2 heterocycles. The summed E-state index contributed by atoms with van der Waals surface area (Å²) < 4.78 is 5.29. The van der Waals surface area contributed by atoms with Crippen molar-refractivity contribution in [1.29, 1.82) is 0 Å². The lowest BCUT2D eigenvalue weighted by Gasteiger charge is -2.29. The molecule has 0 radical (unpaired) electrons. The first-order chi connectivity index (χ1) is 11.7. The zero-order chi connectivity index (χ0) is 16.9. The Balaban J connectivity index is 1.53. The molecular formula is C19H30N4O. The number of aliphatic imine (C=N–C) groups is 1. The summed E-state index contributed by atoms with van der Waals surface area (Å²) in [7, 11) is 3.66. The summed E-state index contributed by atoms with van der Waals surface area (Å²) in [5.74, 6) is 1.64. The van der Waals surface area contributed by atoms with Gasteiger partial charge in [-0.1, -0.05) is 18.2 Å². The Morgan fingerprint density at radius 1 is 1.38 bits per heavy atom. The maximum Gasteiger partial charge on any atom is 0.193 e. The monoisotopic (exact) mass is 330 g/mol. The second kappa shape index (κ2) is 7.88. The number of likely N-dealkylation sites (tertiary alicyclic amines) is 1. The molecule has 132 valence electrons. The number of nitrogens with one attached hydrogen (secondary N) is 1. The van der Waals surface area contributed by atoms with Crippen molar-refractivity contribution in [1.82, 2.24) is 10.2 Å². The van der Waals surface area contributed by atoms with Crippen molar-refractivity contribution in [2.24, 2.45) is 10.9 Å². The number of ether oxygens (including phenoxy) is 1. The van der Waals surface area contributed by atoms with Crippen molar-refractivity contribution in [2.75, 3.05) is 51.8 Å². The summed E-state index contributed by atoms with van der Waals surface area (Å²) in [6, 6.07) is 9.20. The van der Waals surface area contributed by atoms with E-state index in [9.17, 15) is 0 Å². The lowest BCUT2D eigenvalue weighted by Crippen LogP contribution is -2.46. The molecule has 24 heavy (non-hydrogen) atoms. The van der Waals surface area contributed by atoms with Gasteiger partial charge in [0, 0.05) is 58.0 Å². The van der Waals surface area contributed by atoms with Crippen LogP contribution in [0.15, 0.2) is 29.3 Å². The van der Waals surface area contributed by atoms with Gasteiger partial charge in [0.25, 0.3) is 0 Å². The number of nitrogens with zero attached hydrogens (tertiary/aromatic N) is 3. The maximum absolute atomic E-state index is 5.29. The molecule has 0 amide bonds. The molecule has 5 nitrogen and oxygen atoms in total. The maximum atomic E-state index is 5.29. The normalized spacial score (nSPS) is 22.0. The zero-order valence-corrected chi connectivity index (χ0v) is 15.2. The van der Waals surface area contributed by atoms with E-state index < -0.39 is 0 Å². The third kappa shape index (κ3) is 3.66. The van der Waals surface area contributed by atoms with Gasteiger partial charge in [0.1, 0.15) is 0 Å². The van der Waals surface area contributed by atoms with Gasteiger partial charge >= 0.3 is 0 Å². The smallest absolute Gasteiger partial charge is 0.193 e. The predicted octanol–water partition coefficient (Wildman–Crippen LogP) is 1.98. The molecule has 0 aromatic heterocycles. The number of guanidine groups is 1. The molecule has 2 aliphatic heterocycles. The van der Waals surface area contributed by atoms with Crippen LogP contribution in [0.4, 0.5) is 5.69 Å². The minimum absolute atomic E-state index is 0.447. The third-order valence-electron chi connectivity index (χ3n) is 5.21. The molecular weight excluding hydrogens is 300 g/mol. The highest BCUT2D eigenvalue weighted by Crippen LogP contribution is 2.28. The molecule has 1 aromatic rings. The van der Waals surface area contributed by atoms with Crippen LogP contribution in [0.1, 0.15) is 18.9 Å². The van der Waals surface area contributed by atoms with Crippen LogP contribution in [0, 0.1) is 5.92 Å². The van der Waals surface area contributed by atoms with E-state index in [0.717, 1.165) is 45.2 Å². The molecule has 2 unspecified atom stereocenters. The topological polar surface area (TPSA) is 40.1 Å². The number of para-hydroxylation sites is 1. The Hall–Kier alpha value is -1.75. The van der Waals surface area contributed by atoms with Gasteiger partial charge in [0.2, 0.25) is 0 Å². The summed E-state index contributed by atoms with van der Waals surface area (Å²) in [6.07, 6.45) is 2.34. The Labute approximate surface area is 145 Å². The van der Waals surface area contributed by atoms with Crippen molar-refractivity contribution >= 4 is 11.6 Å². The van der Waals surface area contributed by atoms with Gasteiger partial charge in [-0.05, 0) is 31.4 Å². The van der Waals surface area contributed by atoms with Crippen molar-refractivity contribution in [3.8, 4) is 0 Å². The molecule has 0 saturated carbocycles. The quantitative estimate of drug-likeness (QED) is 0.662. The predicted molar refractivity (Wildman–Crippen MR) is 99.9 cm³/mol. The van der Waals surface area contributed by atoms with Crippen molar-refractivity contribution < 1.29 is 4.74 Å². The van der Waals surface area contributed by atoms with Crippen molar-refractivity contribution in [3.63, 3.8) is 0 Å². The molecule has 1 saturated heterocycles. The zero-order valence-electron chi connectivity index (χ0n) is 15.2. The number of hydrogen-bond donors (Lipinski definition) is 1. The first-order valence-electron chi connectivity index (χ1n) is 9.02. The minimum Gasteiger partial charge on any atom is -0.384 e.